The summed E-state index contributed by atoms with van der Waals surface area (Å²) >= 11 is 2.27. The zero-order chi connectivity index (χ0) is 18.1. The predicted molar refractivity (Wildman–Crippen MR) is 101 cm³/mol. The first kappa shape index (κ1) is 18.3. The molecule has 0 saturated carbocycles. The molecule has 1 aliphatic heterocycles. The number of hydrogen-bond donors (Lipinski definition) is 0. The van der Waals surface area contributed by atoms with Gasteiger partial charge in [0.2, 0.25) is 5.75 Å². The molecule has 3 rings (SSSR count). The van der Waals surface area contributed by atoms with Gasteiger partial charge in [0.25, 0.3) is 0 Å². The van der Waals surface area contributed by atoms with Crippen molar-refractivity contribution >= 4 is 22.6 Å². The van der Waals surface area contributed by atoms with E-state index in [0.717, 1.165) is 26.7 Å². The van der Waals surface area contributed by atoms with Gasteiger partial charge in [0.15, 0.2) is 11.5 Å². The van der Waals surface area contributed by atoms with Crippen molar-refractivity contribution in [2.24, 2.45) is 0 Å². The molecule has 0 fully saturated rings. The zero-order valence-electron chi connectivity index (χ0n) is 14.6. The lowest BCUT2D eigenvalue weighted by atomic mass is 9.89. The lowest BCUT2D eigenvalue weighted by Gasteiger charge is -2.34. The number of fused-ring (bicyclic) bond motifs is 1. The highest BCUT2D eigenvalue weighted by Gasteiger charge is 2.35. The van der Waals surface area contributed by atoms with Crippen LogP contribution >= 0.6 is 22.6 Å². The van der Waals surface area contributed by atoms with Gasteiger partial charge in [-0.25, -0.2) is 4.39 Å². The fraction of sp³-hybridized carbons (Fsp3) is 0.368. The minimum atomic E-state index is -0.359. The molecule has 1 heterocycles. The normalized spacial score (nSPS) is 19.3. The molecule has 25 heavy (non-hydrogen) atoms. The minimum Gasteiger partial charge on any atom is -0.492 e. The van der Waals surface area contributed by atoms with Crippen LogP contribution in [0.1, 0.15) is 29.7 Å². The van der Waals surface area contributed by atoms with Gasteiger partial charge in [-0.05, 0) is 52.8 Å². The average molecular weight is 458 g/mol. The van der Waals surface area contributed by atoms with Crippen LogP contribution in [0.25, 0.3) is 0 Å². The highest BCUT2D eigenvalue weighted by molar-refractivity contribution is 14.1. The Hall–Kier alpha value is -1.54. The van der Waals surface area contributed by atoms with Crippen molar-refractivity contribution in [3.63, 3.8) is 0 Å². The monoisotopic (exact) mass is 458 g/mol. The highest BCUT2D eigenvalue weighted by atomic mass is 127. The topological polar surface area (TPSA) is 36.9 Å². The summed E-state index contributed by atoms with van der Waals surface area (Å²) in [5, 5.41) is 0. The Morgan fingerprint density at radius 2 is 1.60 bits per heavy atom. The van der Waals surface area contributed by atoms with E-state index in [-0.39, 0.29) is 18.0 Å². The fourth-order valence-electron chi connectivity index (χ4n) is 3.28. The van der Waals surface area contributed by atoms with Crippen LogP contribution in [0.4, 0.5) is 4.39 Å². The van der Waals surface area contributed by atoms with Gasteiger partial charge in [-0.2, -0.15) is 0 Å². The molecule has 0 aromatic heterocycles. The molecule has 0 amide bonds. The number of rotatable bonds is 4. The number of halogens is 2. The highest BCUT2D eigenvalue weighted by Crippen LogP contribution is 2.52. The maximum Gasteiger partial charge on any atom is 0.204 e. The minimum absolute atomic E-state index is 0.0128. The van der Waals surface area contributed by atoms with Gasteiger partial charge in [0.1, 0.15) is 11.9 Å². The summed E-state index contributed by atoms with van der Waals surface area (Å²) < 4.78 is 37.3. The van der Waals surface area contributed by atoms with Gasteiger partial charge in [0, 0.05) is 12.0 Å². The van der Waals surface area contributed by atoms with E-state index in [2.05, 4.69) is 22.6 Å². The maximum absolute atomic E-state index is 13.4. The Kier molecular flexibility index (Phi) is 5.38. The maximum atomic E-state index is 13.4. The quantitative estimate of drug-likeness (QED) is 0.633. The van der Waals surface area contributed by atoms with Gasteiger partial charge in [-0.1, -0.05) is 12.1 Å². The summed E-state index contributed by atoms with van der Waals surface area (Å²) in [4.78, 5) is 0. The van der Waals surface area contributed by atoms with Crippen LogP contribution < -0.4 is 14.2 Å². The Morgan fingerprint density at radius 3 is 2.16 bits per heavy atom. The second-order valence-electron chi connectivity index (χ2n) is 5.89. The van der Waals surface area contributed by atoms with E-state index in [0.29, 0.717) is 17.2 Å². The molecule has 0 unspecified atom stereocenters. The molecule has 0 N–H and O–H groups in total. The summed E-state index contributed by atoms with van der Waals surface area (Å²) in [6.07, 6.45) is 0.392. The summed E-state index contributed by atoms with van der Waals surface area (Å²) in [5.74, 6) is 1.52. The van der Waals surface area contributed by atoms with Crippen molar-refractivity contribution in [2.45, 2.75) is 25.6 Å². The first-order valence-corrected chi connectivity index (χ1v) is 9.00. The second-order valence-corrected chi connectivity index (χ2v) is 6.97. The Bertz CT molecular complexity index is 776. The van der Waals surface area contributed by atoms with Crippen LogP contribution in [-0.2, 0) is 11.2 Å². The Morgan fingerprint density at radius 1 is 1.00 bits per heavy atom. The van der Waals surface area contributed by atoms with Crippen LogP contribution in [0.2, 0.25) is 0 Å². The lowest BCUT2D eigenvalue weighted by Crippen LogP contribution is -2.26. The van der Waals surface area contributed by atoms with Gasteiger partial charge in [-0.3, -0.25) is 0 Å². The molecule has 0 bridgehead atoms. The van der Waals surface area contributed by atoms with Crippen molar-refractivity contribution in [1.29, 1.82) is 0 Å². The molecule has 0 aliphatic carbocycles. The fourth-order valence-corrected chi connectivity index (χ4v) is 4.26. The molecule has 6 heteroatoms. The molecule has 2 aromatic rings. The van der Waals surface area contributed by atoms with E-state index in [1.54, 1.807) is 33.5 Å². The van der Waals surface area contributed by atoms with E-state index in [9.17, 15) is 4.39 Å². The van der Waals surface area contributed by atoms with Crippen LogP contribution in [-0.4, -0.2) is 27.4 Å². The van der Waals surface area contributed by atoms with Crippen molar-refractivity contribution < 1.29 is 23.3 Å². The van der Waals surface area contributed by atoms with Crippen molar-refractivity contribution in [1.82, 2.24) is 0 Å². The number of methoxy groups -OCH3 is 3. The van der Waals surface area contributed by atoms with Crippen molar-refractivity contribution in [2.75, 3.05) is 21.3 Å². The van der Waals surface area contributed by atoms with Gasteiger partial charge in [-0.15, -0.1) is 0 Å². The Balaban J connectivity index is 2.28. The van der Waals surface area contributed by atoms with Gasteiger partial charge >= 0.3 is 0 Å². The molecule has 0 spiro atoms. The SMILES string of the molecule is COc1c(I)c2c(c(OC)c1OC)[C@@H](c1ccc(F)cc1)O[C@H](C)C2. The molecule has 1 aliphatic rings. The van der Waals surface area contributed by atoms with Crippen LogP contribution in [0.15, 0.2) is 24.3 Å². The molecule has 4 nitrogen and oxygen atoms in total. The summed E-state index contributed by atoms with van der Waals surface area (Å²) in [6, 6.07) is 6.36. The summed E-state index contributed by atoms with van der Waals surface area (Å²) in [7, 11) is 4.80. The molecule has 2 atom stereocenters. The molecule has 134 valence electrons. The third-order valence-corrected chi connectivity index (χ3v) is 5.49. The first-order chi connectivity index (χ1) is 12.0. The van der Waals surface area contributed by atoms with E-state index in [1.807, 2.05) is 6.92 Å². The van der Waals surface area contributed by atoms with E-state index in [4.69, 9.17) is 18.9 Å². The van der Waals surface area contributed by atoms with E-state index in [1.165, 1.54) is 12.1 Å². The number of ether oxygens (including phenoxy) is 4. The van der Waals surface area contributed by atoms with Gasteiger partial charge < -0.3 is 18.9 Å². The standard InChI is InChI=1S/C19H20FIO4/c1-10-9-13-14(16(25-10)11-5-7-12(20)8-6-11)17(22-2)19(24-4)18(23-3)15(13)21/h5-8,10,16H,9H2,1-4H3/t10-,16-/m1/s1. The zero-order valence-corrected chi connectivity index (χ0v) is 16.7. The summed E-state index contributed by atoms with van der Waals surface area (Å²) in [5.41, 5.74) is 2.90. The largest absolute Gasteiger partial charge is 0.492 e. The third-order valence-electron chi connectivity index (χ3n) is 4.35. The Labute approximate surface area is 160 Å². The molecular formula is C19H20FIO4. The number of hydrogen-bond acceptors (Lipinski definition) is 4. The lowest BCUT2D eigenvalue weighted by molar-refractivity contribution is 0.00527. The molecular weight excluding hydrogens is 438 g/mol. The van der Waals surface area contributed by atoms with Crippen molar-refractivity contribution in [3.05, 3.63) is 50.3 Å². The van der Waals surface area contributed by atoms with Crippen LogP contribution in [0.5, 0.6) is 17.2 Å². The molecule has 0 saturated heterocycles. The van der Waals surface area contributed by atoms with Crippen molar-refractivity contribution in [3.8, 4) is 17.2 Å². The number of benzene rings is 2. The van der Waals surface area contributed by atoms with Crippen LogP contribution in [0.3, 0.4) is 0 Å². The van der Waals surface area contributed by atoms with Crippen LogP contribution in [0, 0.1) is 9.39 Å². The van der Waals surface area contributed by atoms with E-state index >= 15 is 0 Å². The summed E-state index contributed by atoms with van der Waals surface area (Å²) in [6.45, 7) is 2.03. The molecule has 0 radical (unpaired) electrons. The smallest absolute Gasteiger partial charge is 0.204 e. The average Bonchev–Trinajstić information content (AvgIpc) is 2.61. The second kappa shape index (κ2) is 7.37. The van der Waals surface area contributed by atoms with Gasteiger partial charge in [0.05, 0.1) is 31.0 Å². The third kappa shape index (κ3) is 3.17. The molecule has 2 aromatic carbocycles. The predicted octanol–water partition coefficient (Wildman–Crippen LogP) is 4.51. The van der Waals surface area contributed by atoms with E-state index < -0.39 is 0 Å². The first-order valence-electron chi connectivity index (χ1n) is 7.92.